The molecular weight excluding hydrogens is 356 g/mol. The van der Waals surface area contributed by atoms with Crippen molar-refractivity contribution in [3.05, 3.63) is 83.2 Å². The zero-order valence-electron chi connectivity index (χ0n) is 22.1. The molecule has 0 radical (unpaired) electrons. The number of benzene rings is 2. The first-order valence-electron chi connectivity index (χ1n) is 12.3. The normalized spacial score (nSPS) is 15.4. The Morgan fingerprint density at radius 1 is 0.828 bits per heavy atom. The van der Waals surface area contributed by atoms with E-state index < -0.39 is 13.7 Å². The van der Waals surface area contributed by atoms with Gasteiger partial charge in [0, 0.05) is 36.5 Å². The highest BCUT2D eigenvalue weighted by Crippen LogP contribution is 2.36. The summed E-state index contributed by atoms with van der Waals surface area (Å²) in [5.74, 6) is 0. The van der Waals surface area contributed by atoms with Crippen LogP contribution in [0.4, 0.5) is 0 Å². The van der Waals surface area contributed by atoms with E-state index in [1.165, 1.54) is 6.20 Å². The molecule has 0 atom stereocenters. The van der Waals surface area contributed by atoms with Crippen molar-refractivity contribution in [1.82, 2.24) is 9.97 Å². The molecule has 0 aliphatic carbocycles. The van der Waals surface area contributed by atoms with Crippen LogP contribution in [0.15, 0.2) is 65.2 Å². The Morgan fingerprint density at radius 2 is 1.72 bits per heavy atom. The van der Waals surface area contributed by atoms with Crippen LogP contribution in [0.5, 0.6) is 0 Å². The Labute approximate surface area is 178 Å². The lowest BCUT2D eigenvalue weighted by Crippen LogP contribution is -1.91. The SMILES string of the molecule is [2H]C([2H])([2H])c1cc(-c2cc(-c3cccc4c3oc3nc(C)ccc34)ncc2C([2H])([2H])[2H])ccc1C. The summed E-state index contributed by atoms with van der Waals surface area (Å²) in [6.07, 6.45) is 1.34. The molecular formula is C26H22N2O. The lowest BCUT2D eigenvalue weighted by atomic mass is 9.96. The van der Waals surface area contributed by atoms with Crippen LogP contribution in [0.2, 0.25) is 0 Å². The Kier molecular flexibility index (Phi) is 2.75. The van der Waals surface area contributed by atoms with E-state index in [1.807, 2.05) is 37.3 Å². The van der Waals surface area contributed by atoms with Gasteiger partial charge in [-0.15, -0.1) is 0 Å². The number of nitrogens with zero attached hydrogens (tertiary/aromatic N) is 2. The van der Waals surface area contributed by atoms with Crippen LogP contribution < -0.4 is 0 Å². The molecule has 5 rings (SSSR count). The van der Waals surface area contributed by atoms with Crippen LogP contribution in [0, 0.1) is 27.6 Å². The van der Waals surface area contributed by atoms with Crippen LogP contribution in [0.25, 0.3) is 44.5 Å². The van der Waals surface area contributed by atoms with Gasteiger partial charge in [-0.3, -0.25) is 4.98 Å². The Bertz CT molecular complexity index is 1600. The standard InChI is InChI=1S/C26H22N2O/c1-15-8-10-19(12-16(15)2)23-13-24(27-14-17(23)3)22-7-5-6-20-21-11-9-18(4)28-26(21)29-25(20)22/h5-14H,1-4H3/i2D3,3D3. The molecule has 3 heterocycles. The molecule has 0 aliphatic heterocycles. The zero-order valence-corrected chi connectivity index (χ0v) is 16.1. The molecule has 0 aliphatic rings. The highest BCUT2D eigenvalue weighted by molar-refractivity contribution is 6.08. The summed E-state index contributed by atoms with van der Waals surface area (Å²) in [6, 6.07) is 16.3. The predicted octanol–water partition coefficient (Wildman–Crippen LogP) is 6.94. The fraction of sp³-hybridized carbons (Fsp3) is 0.154. The van der Waals surface area contributed by atoms with Crippen LogP contribution in [-0.4, -0.2) is 9.97 Å². The second-order valence-corrected chi connectivity index (χ2v) is 7.23. The van der Waals surface area contributed by atoms with Gasteiger partial charge in [-0.2, -0.15) is 0 Å². The van der Waals surface area contributed by atoms with Crippen molar-refractivity contribution in [2.45, 2.75) is 27.6 Å². The molecule has 0 unspecified atom stereocenters. The number of para-hydroxylation sites is 1. The molecule has 3 nitrogen and oxygen atoms in total. The summed E-state index contributed by atoms with van der Waals surface area (Å²) in [4.78, 5) is 8.96. The molecule has 5 aromatic rings. The molecule has 29 heavy (non-hydrogen) atoms. The maximum atomic E-state index is 8.04. The zero-order chi connectivity index (χ0) is 25.1. The Balaban J connectivity index is 1.76. The monoisotopic (exact) mass is 384 g/mol. The van der Waals surface area contributed by atoms with E-state index in [1.54, 1.807) is 31.2 Å². The maximum absolute atomic E-state index is 8.04. The lowest BCUT2D eigenvalue weighted by molar-refractivity contribution is 0.653. The minimum Gasteiger partial charge on any atom is -0.437 e. The van der Waals surface area contributed by atoms with Crippen molar-refractivity contribution in [2.24, 2.45) is 0 Å². The van der Waals surface area contributed by atoms with Gasteiger partial charge < -0.3 is 4.42 Å². The molecule has 0 spiro atoms. The maximum Gasteiger partial charge on any atom is 0.227 e. The number of rotatable bonds is 2. The molecule has 0 fully saturated rings. The Hall–Kier alpha value is -3.46. The smallest absolute Gasteiger partial charge is 0.227 e. The average molecular weight is 385 g/mol. The highest BCUT2D eigenvalue weighted by Gasteiger charge is 2.15. The van der Waals surface area contributed by atoms with Crippen LogP contribution >= 0.6 is 0 Å². The molecule has 142 valence electrons. The van der Waals surface area contributed by atoms with Gasteiger partial charge in [-0.1, -0.05) is 30.3 Å². The van der Waals surface area contributed by atoms with E-state index in [9.17, 15) is 0 Å². The molecule has 0 saturated heterocycles. The number of fused-ring (bicyclic) bond motifs is 3. The largest absolute Gasteiger partial charge is 0.437 e. The van der Waals surface area contributed by atoms with Gasteiger partial charge in [0.2, 0.25) is 5.71 Å². The number of aryl methyl sites for hydroxylation is 4. The summed E-state index contributed by atoms with van der Waals surface area (Å²) < 4.78 is 53.8. The van der Waals surface area contributed by atoms with E-state index in [0.29, 0.717) is 39.2 Å². The highest BCUT2D eigenvalue weighted by atomic mass is 16.3. The first kappa shape index (κ1) is 12.2. The first-order valence-corrected chi connectivity index (χ1v) is 9.35. The predicted molar refractivity (Wildman–Crippen MR) is 119 cm³/mol. The van der Waals surface area contributed by atoms with E-state index in [4.69, 9.17) is 12.6 Å². The van der Waals surface area contributed by atoms with E-state index in [-0.39, 0.29) is 11.1 Å². The van der Waals surface area contributed by atoms with Crippen molar-refractivity contribution in [1.29, 1.82) is 0 Å². The fourth-order valence-corrected chi connectivity index (χ4v) is 3.60. The van der Waals surface area contributed by atoms with Crippen molar-refractivity contribution < 1.29 is 12.6 Å². The van der Waals surface area contributed by atoms with Crippen molar-refractivity contribution >= 4 is 22.1 Å². The van der Waals surface area contributed by atoms with E-state index in [0.717, 1.165) is 16.5 Å². The number of hydrogen-bond acceptors (Lipinski definition) is 3. The molecule has 3 aromatic heterocycles. The second kappa shape index (κ2) is 6.56. The average Bonchev–Trinajstić information content (AvgIpc) is 3.15. The first-order chi connectivity index (χ1) is 16.4. The van der Waals surface area contributed by atoms with E-state index in [2.05, 4.69) is 9.97 Å². The quantitative estimate of drug-likeness (QED) is 0.331. The van der Waals surface area contributed by atoms with Gasteiger partial charge in [0.1, 0.15) is 5.58 Å². The van der Waals surface area contributed by atoms with E-state index >= 15 is 0 Å². The number of aromatic nitrogens is 2. The minimum atomic E-state index is -2.43. The molecule has 0 saturated carbocycles. The number of hydrogen-bond donors (Lipinski definition) is 0. The summed E-state index contributed by atoms with van der Waals surface area (Å²) in [6.45, 7) is -1.13. The van der Waals surface area contributed by atoms with Crippen LogP contribution in [0.1, 0.15) is 30.6 Å². The third kappa shape index (κ3) is 2.90. The summed E-state index contributed by atoms with van der Waals surface area (Å²) in [5.41, 5.74) is 4.94. The molecule has 0 amide bonds. The molecule has 0 bridgehead atoms. The summed E-state index contributed by atoms with van der Waals surface area (Å²) >= 11 is 0. The van der Waals surface area contributed by atoms with Gasteiger partial charge >= 0.3 is 0 Å². The molecule has 3 heteroatoms. The van der Waals surface area contributed by atoms with Gasteiger partial charge in [-0.25, -0.2) is 4.98 Å². The number of furan rings is 1. The van der Waals surface area contributed by atoms with Crippen molar-refractivity contribution in [2.75, 3.05) is 0 Å². The fourth-order valence-electron chi connectivity index (χ4n) is 3.60. The lowest BCUT2D eigenvalue weighted by Gasteiger charge is -2.11. The third-order valence-electron chi connectivity index (χ3n) is 5.23. The van der Waals surface area contributed by atoms with Crippen molar-refractivity contribution in [3.63, 3.8) is 0 Å². The van der Waals surface area contributed by atoms with Gasteiger partial charge in [-0.05, 0) is 79.6 Å². The molecule has 0 N–H and O–H groups in total. The molecule has 2 aromatic carbocycles. The summed E-state index contributed by atoms with van der Waals surface area (Å²) in [5, 5.41) is 1.76. The topological polar surface area (TPSA) is 38.9 Å². The minimum absolute atomic E-state index is 0.0515. The van der Waals surface area contributed by atoms with Gasteiger partial charge in [0.05, 0.1) is 5.69 Å². The third-order valence-corrected chi connectivity index (χ3v) is 5.23. The van der Waals surface area contributed by atoms with Gasteiger partial charge in [0.15, 0.2) is 0 Å². The van der Waals surface area contributed by atoms with Crippen LogP contribution in [0.3, 0.4) is 0 Å². The second-order valence-electron chi connectivity index (χ2n) is 7.23. The van der Waals surface area contributed by atoms with Crippen molar-refractivity contribution in [3.8, 4) is 22.4 Å². The Morgan fingerprint density at radius 3 is 2.59 bits per heavy atom. The number of pyridine rings is 2. The van der Waals surface area contributed by atoms with Gasteiger partial charge in [0.25, 0.3) is 0 Å². The van der Waals surface area contributed by atoms with Crippen LogP contribution in [-0.2, 0) is 0 Å². The summed E-state index contributed by atoms with van der Waals surface area (Å²) in [7, 11) is 0.